The van der Waals surface area contributed by atoms with Gasteiger partial charge < -0.3 is 5.73 Å². The number of nitrogens with zero attached hydrogens (tertiary/aromatic N) is 1. The van der Waals surface area contributed by atoms with Gasteiger partial charge in [0.15, 0.2) is 11.0 Å². The molecule has 0 heterocycles. The highest BCUT2D eigenvalue weighted by molar-refractivity contribution is 7.86. The fourth-order valence-electron chi connectivity index (χ4n) is 3.17. The molecule has 5 heteroatoms. The summed E-state index contributed by atoms with van der Waals surface area (Å²) in [4.78, 5) is 0.463. The molecule has 0 bridgehead atoms. The van der Waals surface area contributed by atoms with Crippen molar-refractivity contribution in [1.29, 1.82) is 0 Å². The van der Waals surface area contributed by atoms with Gasteiger partial charge in [-0.05, 0) is 73.2 Å². The Labute approximate surface area is 138 Å². The molecule has 0 aliphatic heterocycles. The minimum Gasteiger partial charge on any atom is -0.330 e. The average molecular weight is 332 g/mol. The maximum atomic E-state index is 13.3. The predicted octanol–water partition coefficient (Wildman–Crippen LogP) is 3.36. The monoisotopic (exact) mass is 332 g/mol. The third-order valence-corrected chi connectivity index (χ3v) is 5.83. The van der Waals surface area contributed by atoms with E-state index in [0.29, 0.717) is 17.4 Å². The number of hydrogen-bond donors (Lipinski definition) is 1. The normalized spacial score (nSPS) is 18.3. The molecule has 0 spiro atoms. The van der Waals surface area contributed by atoms with Crippen LogP contribution in [0.4, 0.5) is 10.1 Å². The topological polar surface area (TPSA) is 46.3 Å². The van der Waals surface area contributed by atoms with Crippen molar-refractivity contribution in [3.05, 3.63) is 59.4 Å². The molecule has 3 nitrogen and oxygen atoms in total. The zero-order valence-electron chi connectivity index (χ0n) is 13.2. The van der Waals surface area contributed by atoms with Crippen molar-refractivity contribution < 1.29 is 8.60 Å². The smallest absolute Gasteiger partial charge is 0.152 e. The van der Waals surface area contributed by atoms with Crippen LogP contribution in [-0.4, -0.2) is 17.8 Å². The molecule has 2 atom stereocenters. The minimum atomic E-state index is -1.43. The summed E-state index contributed by atoms with van der Waals surface area (Å²) in [5.74, 6) is 0.0484. The van der Waals surface area contributed by atoms with Crippen LogP contribution < -0.4 is 10.0 Å². The van der Waals surface area contributed by atoms with E-state index in [4.69, 9.17) is 5.73 Å². The Morgan fingerprint density at radius 1 is 1.30 bits per heavy atom. The SMILES string of the molecule is CN(c1ccc2c(c1)CCCC2CN)S(=O)c1cccc(F)c1. The molecule has 3 rings (SSSR count). The quantitative estimate of drug-likeness (QED) is 0.933. The van der Waals surface area contributed by atoms with Gasteiger partial charge in [0.05, 0.1) is 4.90 Å². The van der Waals surface area contributed by atoms with Crippen molar-refractivity contribution in [2.45, 2.75) is 30.1 Å². The highest BCUT2D eigenvalue weighted by atomic mass is 32.2. The van der Waals surface area contributed by atoms with Crippen LogP contribution in [0, 0.1) is 5.82 Å². The summed E-state index contributed by atoms with van der Waals surface area (Å²) in [5, 5.41) is 0. The largest absolute Gasteiger partial charge is 0.330 e. The lowest BCUT2D eigenvalue weighted by Crippen LogP contribution is -2.22. The molecule has 122 valence electrons. The molecule has 2 aromatic carbocycles. The van der Waals surface area contributed by atoms with Crippen LogP contribution in [0.2, 0.25) is 0 Å². The van der Waals surface area contributed by atoms with E-state index >= 15 is 0 Å². The molecule has 0 fully saturated rings. The summed E-state index contributed by atoms with van der Waals surface area (Å²) in [6, 6.07) is 12.1. The summed E-state index contributed by atoms with van der Waals surface area (Å²) in [6.45, 7) is 0.664. The molecule has 2 unspecified atom stereocenters. The summed E-state index contributed by atoms with van der Waals surface area (Å²) in [6.07, 6.45) is 3.29. The van der Waals surface area contributed by atoms with E-state index in [2.05, 4.69) is 12.1 Å². The van der Waals surface area contributed by atoms with E-state index in [1.165, 1.54) is 23.3 Å². The first kappa shape index (κ1) is 16.1. The molecule has 0 saturated heterocycles. The van der Waals surface area contributed by atoms with Crippen molar-refractivity contribution in [3.63, 3.8) is 0 Å². The third-order valence-electron chi connectivity index (χ3n) is 4.46. The lowest BCUT2D eigenvalue weighted by molar-refractivity contribution is 0.561. The second kappa shape index (κ2) is 6.81. The first-order chi connectivity index (χ1) is 11.1. The van der Waals surface area contributed by atoms with E-state index in [9.17, 15) is 8.60 Å². The maximum absolute atomic E-state index is 13.3. The Morgan fingerprint density at radius 3 is 2.87 bits per heavy atom. The second-order valence-electron chi connectivity index (χ2n) is 5.91. The van der Waals surface area contributed by atoms with Gasteiger partial charge >= 0.3 is 0 Å². The number of rotatable bonds is 4. The molecule has 2 N–H and O–H groups in total. The van der Waals surface area contributed by atoms with Crippen molar-refractivity contribution in [2.24, 2.45) is 5.73 Å². The summed E-state index contributed by atoms with van der Waals surface area (Å²) in [7, 11) is 0.338. The molecule has 0 radical (unpaired) electrons. The Morgan fingerprint density at radius 2 is 2.13 bits per heavy atom. The van der Waals surface area contributed by atoms with Gasteiger partial charge in [-0.1, -0.05) is 12.1 Å². The summed E-state index contributed by atoms with van der Waals surface area (Å²) >= 11 is 0. The molecule has 1 aliphatic carbocycles. The standard InChI is InChI=1S/C18H21FN2OS/c1-21(23(22)17-7-3-6-15(19)11-17)16-8-9-18-13(10-16)4-2-5-14(18)12-20/h3,6-11,14H,2,4-5,12,20H2,1H3. The van der Waals surface area contributed by atoms with Gasteiger partial charge in [-0.25, -0.2) is 8.60 Å². The van der Waals surface area contributed by atoms with Crippen LogP contribution in [0.1, 0.15) is 29.9 Å². The Kier molecular flexibility index (Phi) is 4.78. The number of aryl methyl sites for hydroxylation is 1. The molecular weight excluding hydrogens is 311 g/mol. The van der Waals surface area contributed by atoms with E-state index < -0.39 is 11.0 Å². The number of halogens is 1. The molecule has 0 aromatic heterocycles. The van der Waals surface area contributed by atoms with Gasteiger partial charge in [0, 0.05) is 12.7 Å². The average Bonchev–Trinajstić information content (AvgIpc) is 2.59. The molecule has 2 aromatic rings. The van der Waals surface area contributed by atoms with Gasteiger partial charge in [0.25, 0.3) is 0 Å². The number of benzene rings is 2. The number of anilines is 1. The third kappa shape index (κ3) is 3.31. The highest BCUT2D eigenvalue weighted by Crippen LogP contribution is 2.33. The molecule has 0 amide bonds. The van der Waals surface area contributed by atoms with Gasteiger partial charge in [-0.2, -0.15) is 0 Å². The Hall–Kier alpha value is -1.72. The first-order valence-corrected chi connectivity index (χ1v) is 8.95. The van der Waals surface area contributed by atoms with Gasteiger partial charge in [-0.3, -0.25) is 4.31 Å². The maximum Gasteiger partial charge on any atom is 0.152 e. The zero-order chi connectivity index (χ0) is 16.4. The van der Waals surface area contributed by atoms with Gasteiger partial charge in [0.2, 0.25) is 0 Å². The Bertz CT molecular complexity index is 735. The van der Waals surface area contributed by atoms with Gasteiger partial charge in [0.1, 0.15) is 5.82 Å². The van der Waals surface area contributed by atoms with Crippen LogP contribution in [0.3, 0.4) is 0 Å². The van der Waals surface area contributed by atoms with Crippen molar-refractivity contribution in [2.75, 3.05) is 17.9 Å². The number of nitrogens with two attached hydrogens (primary N) is 1. The van der Waals surface area contributed by atoms with Crippen molar-refractivity contribution in [1.82, 2.24) is 0 Å². The zero-order valence-corrected chi connectivity index (χ0v) is 14.0. The Balaban J connectivity index is 1.88. The van der Waals surface area contributed by atoms with Crippen molar-refractivity contribution >= 4 is 16.7 Å². The lowest BCUT2D eigenvalue weighted by Gasteiger charge is -2.26. The predicted molar refractivity (Wildman–Crippen MR) is 92.4 cm³/mol. The second-order valence-corrected chi connectivity index (χ2v) is 7.43. The number of hydrogen-bond acceptors (Lipinski definition) is 2. The fourth-order valence-corrected chi connectivity index (χ4v) is 4.20. The fraction of sp³-hybridized carbons (Fsp3) is 0.333. The first-order valence-electron chi connectivity index (χ1n) is 7.84. The van der Waals surface area contributed by atoms with Crippen LogP contribution in [0.5, 0.6) is 0 Å². The van der Waals surface area contributed by atoms with Crippen LogP contribution in [0.25, 0.3) is 0 Å². The lowest BCUT2D eigenvalue weighted by atomic mass is 9.83. The van der Waals surface area contributed by atoms with E-state index in [-0.39, 0.29) is 5.82 Å². The van der Waals surface area contributed by atoms with Crippen LogP contribution in [-0.2, 0) is 17.4 Å². The van der Waals surface area contributed by atoms with Gasteiger partial charge in [-0.15, -0.1) is 0 Å². The van der Waals surface area contributed by atoms with Crippen LogP contribution >= 0.6 is 0 Å². The van der Waals surface area contributed by atoms with E-state index in [0.717, 1.165) is 24.9 Å². The molecular formula is C18H21FN2OS. The van der Waals surface area contributed by atoms with E-state index in [1.54, 1.807) is 23.5 Å². The summed E-state index contributed by atoms with van der Waals surface area (Å²) in [5.41, 5.74) is 9.34. The molecule has 0 saturated carbocycles. The number of fused-ring (bicyclic) bond motifs is 1. The highest BCUT2D eigenvalue weighted by Gasteiger charge is 2.21. The molecule has 23 heavy (non-hydrogen) atoms. The van der Waals surface area contributed by atoms with Crippen molar-refractivity contribution in [3.8, 4) is 0 Å². The molecule has 1 aliphatic rings. The van der Waals surface area contributed by atoms with E-state index in [1.807, 2.05) is 6.07 Å². The van der Waals surface area contributed by atoms with Crippen LogP contribution in [0.15, 0.2) is 47.4 Å². The summed E-state index contributed by atoms with van der Waals surface area (Å²) < 4.78 is 27.7. The minimum absolute atomic E-state index is 0.375.